The molecule has 1 fully saturated rings. The van der Waals surface area contributed by atoms with Gasteiger partial charge in [0.1, 0.15) is 17.5 Å². The van der Waals surface area contributed by atoms with E-state index in [-0.39, 0.29) is 28.1 Å². The van der Waals surface area contributed by atoms with Crippen LogP contribution in [0, 0.1) is 11.3 Å². The first kappa shape index (κ1) is 18.9. The van der Waals surface area contributed by atoms with Gasteiger partial charge in [0.15, 0.2) is 5.69 Å². The van der Waals surface area contributed by atoms with Crippen LogP contribution in [-0.4, -0.2) is 57.3 Å². The standard InChI is InChI=1S/C30H33N7O/c1-19(37-15-12-21(13-16-37)20-5-7-22(8-6-20)30(38)35(2)3)27-17-25-23(11-14-33-29(25)36(27)4)24-9-10-28(32)34-26(24)18-31/h5-11,14,17,19,21H,12-13,15-16H2,1-4H3,(H2,32,34)/t19-/m0/s1/i2D3,3D3. The Morgan fingerprint density at radius 1 is 1.16 bits per heavy atom. The van der Waals surface area contributed by atoms with Gasteiger partial charge in [0.2, 0.25) is 0 Å². The number of aromatic nitrogens is 3. The van der Waals surface area contributed by atoms with Crippen LogP contribution in [0.3, 0.4) is 0 Å². The third kappa shape index (κ3) is 4.61. The normalized spacial score (nSPS) is 18.3. The first-order chi connectivity index (χ1) is 20.7. The highest BCUT2D eigenvalue weighted by atomic mass is 16.2. The van der Waals surface area contributed by atoms with E-state index in [2.05, 4.69) is 38.5 Å². The van der Waals surface area contributed by atoms with Gasteiger partial charge in [0, 0.05) is 63.7 Å². The Morgan fingerprint density at radius 3 is 2.58 bits per heavy atom. The number of carbonyl (C=O) groups excluding carboxylic acids is 1. The van der Waals surface area contributed by atoms with E-state index in [1.165, 1.54) is 12.1 Å². The molecule has 3 aromatic heterocycles. The molecule has 0 saturated carbocycles. The fourth-order valence-corrected chi connectivity index (χ4v) is 5.49. The number of carbonyl (C=O) groups is 1. The number of anilines is 1. The van der Waals surface area contributed by atoms with E-state index in [1.54, 1.807) is 24.4 Å². The molecule has 194 valence electrons. The Hall–Kier alpha value is -4.22. The number of benzene rings is 1. The molecule has 1 aliphatic rings. The van der Waals surface area contributed by atoms with Crippen molar-refractivity contribution in [3.63, 3.8) is 0 Å². The summed E-state index contributed by atoms with van der Waals surface area (Å²) in [6, 6.07) is 16.3. The topological polar surface area (TPSA) is 104 Å². The lowest BCUT2D eigenvalue weighted by Crippen LogP contribution is -2.35. The van der Waals surface area contributed by atoms with E-state index >= 15 is 0 Å². The lowest BCUT2D eigenvalue weighted by atomic mass is 9.88. The van der Waals surface area contributed by atoms with Crippen LogP contribution < -0.4 is 5.73 Å². The van der Waals surface area contributed by atoms with Crippen LogP contribution in [0.2, 0.25) is 0 Å². The maximum absolute atomic E-state index is 12.8. The van der Waals surface area contributed by atoms with Gasteiger partial charge in [0.05, 0.1) is 0 Å². The number of amides is 1. The molecular formula is C30H33N7O. The third-order valence-corrected chi connectivity index (χ3v) is 7.62. The predicted octanol–water partition coefficient (Wildman–Crippen LogP) is 4.73. The number of aryl methyl sites for hydroxylation is 1. The first-order valence-electron chi connectivity index (χ1n) is 15.5. The summed E-state index contributed by atoms with van der Waals surface area (Å²) in [5, 5.41) is 10.6. The summed E-state index contributed by atoms with van der Waals surface area (Å²) in [5.41, 5.74) is 10.6. The molecule has 1 amide bonds. The summed E-state index contributed by atoms with van der Waals surface area (Å²) in [6.45, 7) is -2.33. The number of nitrogens with two attached hydrogens (primary N) is 1. The largest absolute Gasteiger partial charge is 0.384 e. The zero-order valence-electron chi connectivity index (χ0n) is 27.3. The molecule has 5 rings (SSSR count). The van der Waals surface area contributed by atoms with Crippen molar-refractivity contribution in [3.05, 3.63) is 77.2 Å². The number of nitrogen functional groups attached to an aromatic ring is 1. The van der Waals surface area contributed by atoms with Crippen molar-refractivity contribution < 1.29 is 13.0 Å². The predicted molar refractivity (Wildman–Crippen MR) is 149 cm³/mol. The molecule has 4 aromatic rings. The quantitative estimate of drug-likeness (QED) is 0.414. The lowest BCUT2D eigenvalue weighted by molar-refractivity contribution is 0.0827. The van der Waals surface area contributed by atoms with Crippen molar-refractivity contribution in [2.24, 2.45) is 7.05 Å². The van der Waals surface area contributed by atoms with E-state index < -0.39 is 19.9 Å². The maximum atomic E-state index is 12.8. The van der Waals surface area contributed by atoms with E-state index in [9.17, 15) is 10.1 Å². The Bertz CT molecular complexity index is 1720. The van der Waals surface area contributed by atoms with Gasteiger partial charge in [-0.1, -0.05) is 12.1 Å². The minimum atomic E-state index is -3.08. The Morgan fingerprint density at radius 2 is 1.89 bits per heavy atom. The van der Waals surface area contributed by atoms with Gasteiger partial charge in [-0.2, -0.15) is 5.26 Å². The second-order valence-corrected chi connectivity index (χ2v) is 9.72. The van der Waals surface area contributed by atoms with E-state index in [0.29, 0.717) is 11.4 Å². The molecule has 4 heterocycles. The number of likely N-dealkylation sites (tertiary alicyclic amines) is 1. The van der Waals surface area contributed by atoms with E-state index in [4.69, 9.17) is 14.0 Å². The molecule has 8 heteroatoms. The van der Waals surface area contributed by atoms with Crippen molar-refractivity contribution in [1.82, 2.24) is 24.3 Å². The minimum Gasteiger partial charge on any atom is -0.384 e. The molecular weight excluding hydrogens is 474 g/mol. The number of fused-ring (bicyclic) bond motifs is 1. The van der Waals surface area contributed by atoms with Crippen molar-refractivity contribution in [2.45, 2.75) is 31.7 Å². The van der Waals surface area contributed by atoms with E-state index in [1.807, 2.05) is 19.2 Å². The monoisotopic (exact) mass is 513 g/mol. The van der Waals surface area contributed by atoms with Gasteiger partial charge < -0.3 is 15.2 Å². The second-order valence-electron chi connectivity index (χ2n) is 9.72. The summed E-state index contributed by atoms with van der Waals surface area (Å²) in [4.78, 5) is 24.0. The zero-order chi connectivity index (χ0) is 32.0. The molecule has 0 unspecified atom stereocenters. The molecule has 2 N–H and O–H groups in total. The van der Waals surface area contributed by atoms with Gasteiger partial charge >= 0.3 is 0 Å². The highest BCUT2D eigenvalue weighted by Gasteiger charge is 2.27. The number of nitriles is 1. The third-order valence-electron chi connectivity index (χ3n) is 7.62. The molecule has 1 aliphatic heterocycles. The molecule has 0 radical (unpaired) electrons. The van der Waals surface area contributed by atoms with Crippen LogP contribution in [0.15, 0.2) is 54.7 Å². The van der Waals surface area contributed by atoms with Gasteiger partial charge in [0.25, 0.3) is 5.91 Å². The number of hydrogen-bond acceptors (Lipinski definition) is 6. The van der Waals surface area contributed by atoms with Gasteiger partial charge in [-0.3, -0.25) is 9.69 Å². The average molecular weight is 514 g/mol. The van der Waals surface area contributed by atoms with Crippen molar-refractivity contribution in [3.8, 4) is 17.2 Å². The molecule has 38 heavy (non-hydrogen) atoms. The Labute approximate surface area is 231 Å². The lowest BCUT2D eigenvalue weighted by Gasteiger charge is -2.36. The first-order valence-corrected chi connectivity index (χ1v) is 12.5. The smallest absolute Gasteiger partial charge is 0.253 e. The van der Waals surface area contributed by atoms with Gasteiger partial charge in [-0.25, -0.2) is 9.97 Å². The molecule has 0 spiro atoms. The van der Waals surface area contributed by atoms with Crippen molar-refractivity contribution >= 4 is 22.8 Å². The maximum Gasteiger partial charge on any atom is 0.253 e. The fourth-order valence-electron chi connectivity index (χ4n) is 5.49. The van der Waals surface area contributed by atoms with Crippen LogP contribution in [0.5, 0.6) is 0 Å². The summed E-state index contributed by atoms with van der Waals surface area (Å²) in [6.07, 6.45) is 3.49. The van der Waals surface area contributed by atoms with Gasteiger partial charge in [-0.15, -0.1) is 0 Å². The number of piperidine rings is 1. The SMILES string of the molecule is [2H]C([2H])([2H])N(C(=O)c1ccc(C2CCN([C@@H](C)c3cc4c(-c5ccc(N)nc5C#N)ccnc4n3C)CC2)cc1)C([2H])([2H])[2H]. The zero-order valence-corrected chi connectivity index (χ0v) is 21.3. The highest BCUT2D eigenvalue weighted by Crippen LogP contribution is 2.36. The number of hydrogen-bond donors (Lipinski definition) is 1. The highest BCUT2D eigenvalue weighted by molar-refractivity contribution is 5.95. The molecule has 1 aromatic carbocycles. The molecule has 0 bridgehead atoms. The summed E-state index contributed by atoms with van der Waals surface area (Å²) >= 11 is 0. The summed E-state index contributed by atoms with van der Waals surface area (Å²) in [7, 11) is 1.99. The Kier molecular flexibility index (Phi) is 5.12. The Balaban J connectivity index is 1.31. The molecule has 8 nitrogen and oxygen atoms in total. The van der Waals surface area contributed by atoms with Crippen molar-refractivity contribution in [2.75, 3.05) is 32.8 Å². The minimum absolute atomic E-state index is 0.0184. The summed E-state index contributed by atoms with van der Waals surface area (Å²) in [5.74, 6) is -0.518. The number of rotatable bonds is 5. The average Bonchev–Trinajstić information content (AvgIpc) is 3.32. The summed E-state index contributed by atoms with van der Waals surface area (Å²) < 4.78 is 47.2. The molecule has 0 aliphatic carbocycles. The number of nitrogens with zero attached hydrogens (tertiary/aromatic N) is 6. The van der Waals surface area contributed by atoms with Crippen LogP contribution >= 0.6 is 0 Å². The number of pyridine rings is 2. The van der Waals surface area contributed by atoms with Crippen LogP contribution in [0.4, 0.5) is 5.82 Å². The molecule has 1 saturated heterocycles. The fraction of sp³-hybridized carbons (Fsp3) is 0.333. The van der Waals surface area contributed by atoms with Crippen LogP contribution in [-0.2, 0) is 7.05 Å². The van der Waals surface area contributed by atoms with E-state index in [0.717, 1.165) is 53.8 Å². The molecule has 1 atom stereocenters. The second kappa shape index (κ2) is 10.3. The van der Waals surface area contributed by atoms with Crippen LogP contribution in [0.25, 0.3) is 22.2 Å². The van der Waals surface area contributed by atoms with Crippen molar-refractivity contribution in [1.29, 1.82) is 5.26 Å². The van der Waals surface area contributed by atoms with Gasteiger partial charge in [-0.05, 0) is 86.3 Å². The van der Waals surface area contributed by atoms with Crippen LogP contribution in [0.1, 0.15) is 67.3 Å².